The zero-order valence-corrected chi connectivity index (χ0v) is 12.4. The lowest BCUT2D eigenvalue weighted by Gasteiger charge is -2.42. The molecule has 3 rings (SSSR count). The quantitative estimate of drug-likeness (QED) is 0.845. The average molecular weight is 295 g/mol. The smallest absolute Gasteiger partial charge is 0.220 e. The molecule has 6 heteroatoms. The summed E-state index contributed by atoms with van der Waals surface area (Å²) < 4.78 is 0. The average Bonchev–Trinajstić information content (AvgIpc) is 2.46. The van der Waals surface area contributed by atoms with Crippen molar-refractivity contribution in [3.05, 3.63) is 17.0 Å². The van der Waals surface area contributed by atoms with Crippen LogP contribution >= 0.6 is 11.6 Å². The number of nitrogens with zero attached hydrogens (tertiary/aromatic N) is 3. The molecule has 108 valence electrons. The fraction of sp³-hybridized carbons (Fsp3) is 0.643. The second-order valence-corrected chi connectivity index (χ2v) is 5.89. The Kier molecular flexibility index (Phi) is 3.78. The minimum Gasteiger partial charge on any atom is -0.356 e. The molecule has 1 aromatic heterocycles. The zero-order chi connectivity index (χ0) is 14.1. The molecule has 0 aliphatic carbocycles. The van der Waals surface area contributed by atoms with Crippen LogP contribution < -0.4 is 10.2 Å². The van der Waals surface area contributed by atoms with Gasteiger partial charge >= 0.3 is 0 Å². The van der Waals surface area contributed by atoms with Crippen molar-refractivity contribution in [2.75, 3.05) is 18.0 Å². The first-order valence-electron chi connectivity index (χ1n) is 7.22. The first-order valence-corrected chi connectivity index (χ1v) is 7.60. The normalized spacial score (nSPS) is 26.1. The number of piperidine rings is 2. The first kappa shape index (κ1) is 13.6. The van der Waals surface area contributed by atoms with Gasteiger partial charge in [-0.3, -0.25) is 4.79 Å². The molecule has 2 saturated heterocycles. The van der Waals surface area contributed by atoms with E-state index in [-0.39, 0.29) is 5.91 Å². The summed E-state index contributed by atoms with van der Waals surface area (Å²) in [6, 6.07) is 0.329. The van der Waals surface area contributed by atoms with Crippen LogP contribution in [-0.2, 0) is 11.2 Å². The minimum atomic E-state index is 0.194. The Morgan fingerprint density at radius 2 is 2.30 bits per heavy atom. The molecule has 2 unspecified atom stereocenters. The van der Waals surface area contributed by atoms with Crippen LogP contribution in [0.2, 0.25) is 5.15 Å². The van der Waals surface area contributed by atoms with Gasteiger partial charge in [0.1, 0.15) is 17.3 Å². The monoisotopic (exact) mass is 294 g/mol. The zero-order valence-electron chi connectivity index (χ0n) is 11.6. The number of rotatable bonds is 2. The van der Waals surface area contributed by atoms with Gasteiger partial charge in [0, 0.05) is 31.1 Å². The highest BCUT2D eigenvalue weighted by molar-refractivity contribution is 6.30. The Bertz CT molecular complexity index is 522. The largest absolute Gasteiger partial charge is 0.356 e. The van der Waals surface area contributed by atoms with Crippen LogP contribution in [0, 0.1) is 5.92 Å². The van der Waals surface area contributed by atoms with Crippen molar-refractivity contribution >= 4 is 23.3 Å². The topological polar surface area (TPSA) is 58.1 Å². The van der Waals surface area contributed by atoms with Crippen molar-refractivity contribution in [1.82, 2.24) is 15.3 Å². The van der Waals surface area contributed by atoms with Gasteiger partial charge in [0.15, 0.2) is 0 Å². The molecule has 3 heterocycles. The number of aromatic nitrogens is 2. The van der Waals surface area contributed by atoms with Gasteiger partial charge in [-0.15, -0.1) is 0 Å². The number of fused-ring (bicyclic) bond motifs is 1. The van der Waals surface area contributed by atoms with E-state index in [0.29, 0.717) is 23.5 Å². The van der Waals surface area contributed by atoms with Gasteiger partial charge < -0.3 is 10.2 Å². The maximum atomic E-state index is 11.5. The van der Waals surface area contributed by atoms with Gasteiger partial charge in [0.05, 0.1) is 0 Å². The third-order valence-electron chi connectivity index (χ3n) is 4.35. The molecule has 2 atom stereocenters. The fourth-order valence-electron chi connectivity index (χ4n) is 3.26. The van der Waals surface area contributed by atoms with Crippen LogP contribution in [0.5, 0.6) is 0 Å². The second kappa shape index (κ2) is 5.56. The lowest BCUT2D eigenvalue weighted by atomic mass is 9.85. The van der Waals surface area contributed by atoms with Crippen molar-refractivity contribution in [2.24, 2.45) is 5.92 Å². The molecule has 0 radical (unpaired) electrons. The van der Waals surface area contributed by atoms with Crippen molar-refractivity contribution < 1.29 is 4.79 Å². The predicted molar refractivity (Wildman–Crippen MR) is 77.9 cm³/mol. The van der Waals surface area contributed by atoms with Crippen LogP contribution in [0.1, 0.15) is 31.7 Å². The summed E-state index contributed by atoms with van der Waals surface area (Å²) in [5.41, 5.74) is 1.02. The molecule has 1 N–H and O–H groups in total. The molecule has 0 aromatic carbocycles. The standard InChI is InChI=1S/C14H19ClN4O/c1-2-10-13(15)16-8-17-14(10)19-6-5-11-9(7-19)3-4-12(20)18-11/h8-9,11H,2-7H2,1H3,(H,18,20). The molecule has 0 bridgehead atoms. The third-order valence-corrected chi connectivity index (χ3v) is 4.67. The van der Waals surface area contributed by atoms with Gasteiger partial charge in [0.25, 0.3) is 0 Å². The summed E-state index contributed by atoms with van der Waals surface area (Å²) in [6.07, 6.45) is 4.94. The summed E-state index contributed by atoms with van der Waals surface area (Å²) in [5.74, 6) is 1.67. The van der Waals surface area contributed by atoms with Gasteiger partial charge in [-0.25, -0.2) is 9.97 Å². The van der Waals surface area contributed by atoms with E-state index in [9.17, 15) is 4.79 Å². The van der Waals surface area contributed by atoms with E-state index >= 15 is 0 Å². The fourth-order valence-corrected chi connectivity index (χ4v) is 3.52. The summed E-state index contributed by atoms with van der Waals surface area (Å²) in [4.78, 5) is 22.2. The van der Waals surface area contributed by atoms with E-state index in [1.54, 1.807) is 0 Å². The van der Waals surface area contributed by atoms with Crippen molar-refractivity contribution in [3.8, 4) is 0 Å². The highest BCUT2D eigenvalue weighted by Crippen LogP contribution is 2.31. The Balaban J connectivity index is 1.80. The van der Waals surface area contributed by atoms with E-state index in [0.717, 1.165) is 43.7 Å². The number of carbonyl (C=O) groups is 1. The summed E-state index contributed by atoms with van der Waals surface area (Å²) >= 11 is 6.17. The van der Waals surface area contributed by atoms with E-state index in [1.165, 1.54) is 6.33 Å². The lowest BCUT2D eigenvalue weighted by Crippen LogP contribution is -2.54. The number of halogens is 1. The maximum absolute atomic E-state index is 11.5. The van der Waals surface area contributed by atoms with Crippen LogP contribution in [0.25, 0.3) is 0 Å². The molecular formula is C14H19ClN4O. The van der Waals surface area contributed by atoms with Crippen molar-refractivity contribution in [3.63, 3.8) is 0 Å². The van der Waals surface area contributed by atoms with Gasteiger partial charge in [-0.1, -0.05) is 18.5 Å². The molecular weight excluding hydrogens is 276 g/mol. The molecule has 20 heavy (non-hydrogen) atoms. The Hall–Kier alpha value is -1.36. The number of anilines is 1. The number of hydrogen-bond acceptors (Lipinski definition) is 4. The molecule has 2 aliphatic heterocycles. The first-order chi connectivity index (χ1) is 9.69. The number of nitrogens with one attached hydrogen (secondary N) is 1. The molecule has 0 spiro atoms. The number of carbonyl (C=O) groups excluding carboxylic acids is 1. The summed E-state index contributed by atoms with van der Waals surface area (Å²) in [7, 11) is 0. The molecule has 2 aliphatic rings. The van der Waals surface area contributed by atoms with Crippen LogP contribution in [-0.4, -0.2) is 35.0 Å². The molecule has 5 nitrogen and oxygen atoms in total. The maximum Gasteiger partial charge on any atom is 0.220 e. The molecule has 1 aromatic rings. The highest BCUT2D eigenvalue weighted by atomic mass is 35.5. The second-order valence-electron chi connectivity index (χ2n) is 5.53. The van der Waals surface area contributed by atoms with E-state index in [4.69, 9.17) is 11.6 Å². The highest BCUT2D eigenvalue weighted by Gasteiger charge is 2.34. The SMILES string of the molecule is CCc1c(Cl)ncnc1N1CCC2NC(=O)CCC2C1. The Labute approximate surface area is 123 Å². The van der Waals surface area contributed by atoms with Crippen LogP contribution in [0.4, 0.5) is 5.82 Å². The summed E-state index contributed by atoms with van der Waals surface area (Å²) in [5, 5.41) is 3.66. The van der Waals surface area contributed by atoms with Crippen molar-refractivity contribution in [2.45, 2.75) is 38.6 Å². The number of hydrogen-bond donors (Lipinski definition) is 1. The van der Waals surface area contributed by atoms with Gasteiger partial charge in [-0.05, 0) is 25.2 Å². The molecule has 0 saturated carbocycles. The molecule has 2 fully saturated rings. The minimum absolute atomic E-state index is 0.194. The van der Waals surface area contributed by atoms with Crippen LogP contribution in [0.3, 0.4) is 0 Å². The van der Waals surface area contributed by atoms with Gasteiger partial charge in [0.2, 0.25) is 5.91 Å². The lowest BCUT2D eigenvalue weighted by molar-refractivity contribution is -0.124. The van der Waals surface area contributed by atoms with Crippen LogP contribution in [0.15, 0.2) is 6.33 Å². The third kappa shape index (κ3) is 2.46. The summed E-state index contributed by atoms with van der Waals surface area (Å²) in [6.45, 7) is 3.91. The molecule has 1 amide bonds. The Morgan fingerprint density at radius 3 is 3.10 bits per heavy atom. The predicted octanol–water partition coefficient (Wildman–Crippen LogP) is 1.80. The van der Waals surface area contributed by atoms with E-state index < -0.39 is 0 Å². The number of amides is 1. The Morgan fingerprint density at radius 1 is 1.45 bits per heavy atom. The van der Waals surface area contributed by atoms with E-state index in [2.05, 4.69) is 27.1 Å². The van der Waals surface area contributed by atoms with Crippen molar-refractivity contribution in [1.29, 1.82) is 0 Å². The van der Waals surface area contributed by atoms with Gasteiger partial charge in [-0.2, -0.15) is 0 Å². The van der Waals surface area contributed by atoms with E-state index in [1.807, 2.05) is 0 Å².